The van der Waals surface area contributed by atoms with Crippen LogP contribution in [0.5, 0.6) is 0 Å². The van der Waals surface area contributed by atoms with Gasteiger partial charge < -0.3 is 15.3 Å². The Labute approximate surface area is 127 Å². The molecule has 0 radical (unpaired) electrons. The summed E-state index contributed by atoms with van der Waals surface area (Å²) in [5.41, 5.74) is -0.0158. The first-order chi connectivity index (χ1) is 10.8. The second-order valence-corrected chi connectivity index (χ2v) is 4.84. The Hall–Kier alpha value is -3.03. The normalized spacial score (nSPS) is 11.6. The highest BCUT2D eigenvalue weighted by Crippen LogP contribution is 2.30. The van der Waals surface area contributed by atoms with E-state index in [0.717, 1.165) is 12.1 Å². The number of aromatic nitrogens is 2. The Morgan fingerprint density at radius 1 is 1.00 bits per heavy atom. The van der Waals surface area contributed by atoms with Gasteiger partial charge in [-0.25, -0.2) is 4.79 Å². The van der Waals surface area contributed by atoms with Gasteiger partial charge in [-0.3, -0.25) is 4.79 Å². The van der Waals surface area contributed by atoms with Gasteiger partial charge in [-0.1, -0.05) is 6.07 Å². The number of amides is 1. The minimum Gasteiger partial charge on any atom is -0.322 e. The van der Waals surface area contributed by atoms with Gasteiger partial charge in [-0.05, 0) is 36.4 Å². The summed E-state index contributed by atoms with van der Waals surface area (Å²) in [4.78, 5) is 28.6. The SMILES string of the molecule is O=C(Nc1ccc(C(F)(F)F)cc1)c1cccc2[nH]c(=O)[nH]c12. The highest BCUT2D eigenvalue weighted by Gasteiger charge is 2.30. The molecule has 0 aliphatic heterocycles. The van der Waals surface area contributed by atoms with Crippen molar-refractivity contribution in [2.45, 2.75) is 6.18 Å². The number of aromatic amines is 2. The van der Waals surface area contributed by atoms with Gasteiger partial charge in [0.25, 0.3) is 5.91 Å². The van der Waals surface area contributed by atoms with E-state index in [1.165, 1.54) is 18.2 Å². The third-order valence-electron chi connectivity index (χ3n) is 3.27. The molecule has 0 fully saturated rings. The van der Waals surface area contributed by atoms with Crippen LogP contribution >= 0.6 is 0 Å². The number of anilines is 1. The molecule has 3 rings (SSSR count). The second kappa shape index (κ2) is 5.31. The van der Waals surface area contributed by atoms with E-state index in [-0.39, 0.29) is 11.3 Å². The molecule has 0 spiro atoms. The van der Waals surface area contributed by atoms with Crippen molar-refractivity contribution in [1.29, 1.82) is 0 Å². The summed E-state index contributed by atoms with van der Waals surface area (Å²) >= 11 is 0. The number of rotatable bonds is 2. The Bertz CT molecular complexity index is 924. The average Bonchev–Trinajstić information content (AvgIpc) is 2.86. The maximum atomic E-state index is 12.5. The van der Waals surface area contributed by atoms with E-state index in [0.29, 0.717) is 11.0 Å². The van der Waals surface area contributed by atoms with Crippen LogP contribution < -0.4 is 11.0 Å². The number of H-pyrrole nitrogens is 2. The van der Waals surface area contributed by atoms with Crippen LogP contribution in [0.25, 0.3) is 11.0 Å². The molecule has 1 heterocycles. The van der Waals surface area contributed by atoms with Gasteiger partial charge in [0, 0.05) is 5.69 Å². The van der Waals surface area contributed by atoms with Crippen molar-refractivity contribution >= 4 is 22.6 Å². The first kappa shape index (κ1) is 14.9. The smallest absolute Gasteiger partial charge is 0.322 e. The molecule has 5 nitrogen and oxygen atoms in total. The lowest BCUT2D eigenvalue weighted by molar-refractivity contribution is -0.137. The zero-order chi connectivity index (χ0) is 16.6. The number of halogens is 3. The predicted molar refractivity (Wildman–Crippen MR) is 78.3 cm³/mol. The van der Waals surface area contributed by atoms with Crippen molar-refractivity contribution in [3.8, 4) is 0 Å². The van der Waals surface area contributed by atoms with Crippen LogP contribution in [0, 0.1) is 0 Å². The average molecular weight is 321 g/mol. The molecular weight excluding hydrogens is 311 g/mol. The van der Waals surface area contributed by atoms with Crippen molar-refractivity contribution in [3.05, 3.63) is 64.1 Å². The highest BCUT2D eigenvalue weighted by molar-refractivity contribution is 6.11. The van der Waals surface area contributed by atoms with Crippen molar-refractivity contribution in [2.24, 2.45) is 0 Å². The Balaban J connectivity index is 1.87. The van der Waals surface area contributed by atoms with Crippen molar-refractivity contribution in [3.63, 3.8) is 0 Å². The standard InChI is InChI=1S/C15H10F3N3O2/c16-15(17,18)8-4-6-9(7-5-8)19-13(22)10-2-1-3-11-12(10)21-14(23)20-11/h1-7H,(H,19,22)(H2,20,21,23). The molecule has 2 aromatic carbocycles. The number of imidazole rings is 1. The molecule has 23 heavy (non-hydrogen) atoms. The van der Waals surface area contributed by atoms with Crippen LogP contribution in [0.15, 0.2) is 47.3 Å². The first-order valence-corrected chi connectivity index (χ1v) is 6.54. The summed E-state index contributed by atoms with van der Waals surface area (Å²) < 4.78 is 37.5. The molecule has 0 aliphatic rings. The fourth-order valence-corrected chi connectivity index (χ4v) is 2.19. The summed E-state index contributed by atoms with van der Waals surface area (Å²) in [7, 11) is 0. The monoisotopic (exact) mass is 321 g/mol. The lowest BCUT2D eigenvalue weighted by Gasteiger charge is -2.09. The number of fused-ring (bicyclic) bond motifs is 1. The quantitative estimate of drug-likeness (QED) is 0.678. The number of para-hydroxylation sites is 1. The maximum absolute atomic E-state index is 12.5. The Morgan fingerprint density at radius 3 is 2.35 bits per heavy atom. The van der Waals surface area contributed by atoms with E-state index < -0.39 is 23.3 Å². The van der Waals surface area contributed by atoms with E-state index in [2.05, 4.69) is 15.3 Å². The molecule has 3 aromatic rings. The summed E-state index contributed by atoms with van der Waals surface area (Å²) in [5, 5.41) is 2.50. The van der Waals surface area contributed by atoms with E-state index in [4.69, 9.17) is 0 Å². The van der Waals surface area contributed by atoms with Crippen molar-refractivity contribution < 1.29 is 18.0 Å². The molecule has 0 saturated heterocycles. The van der Waals surface area contributed by atoms with Crippen LogP contribution in [0.2, 0.25) is 0 Å². The van der Waals surface area contributed by atoms with Gasteiger partial charge in [-0.2, -0.15) is 13.2 Å². The van der Waals surface area contributed by atoms with Crippen LogP contribution in [-0.2, 0) is 6.18 Å². The number of hydrogen-bond acceptors (Lipinski definition) is 2. The number of nitrogens with one attached hydrogen (secondary N) is 3. The molecule has 0 aliphatic carbocycles. The zero-order valence-corrected chi connectivity index (χ0v) is 11.5. The van der Waals surface area contributed by atoms with Gasteiger partial charge in [-0.15, -0.1) is 0 Å². The first-order valence-electron chi connectivity index (χ1n) is 6.54. The topological polar surface area (TPSA) is 77.8 Å². The number of benzene rings is 2. The van der Waals surface area contributed by atoms with Gasteiger partial charge >= 0.3 is 11.9 Å². The fourth-order valence-electron chi connectivity index (χ4n) is 2.19. The second-order valence-electron chi connectivity index (χ2n) is 4.84. The summed E-state index contributed by atoms with van der Waals surface area (Å²) in [5.74, 6) is -0.536. The lowest BCUT2D eigenvalue weighted by atomic mass is 10.1. The van der Waals surface area contributed by atoms with E-state index in [1.807, 2.05) is 0 Å². The van der Waals surface area contributed by atoms with Gasteiger partial charge in [0.2, 0.25) is 0 Å². The van der Waals surface area contributed by atoms with E-state index >= 15 is 0 Å². The lowest BCUT2D eigenvalue weighted by Crippen LogP contribution is -2.13. The minimum absolute atomic E-state index is 0.209. The summed E-state index contributed by atoms with van der Waals surface area (Å²) in [6.45, 7) is 0. The molecule has 0 unspecified atom stereocenters. The van der Waals surface area contributed by atoms with Crippen LogP contribution in [-0.4, -0.2) is 15.9 Å². The zero-order valence-electron chi connectivity index (χ0n) is 11.5. The van der Waals surface area contributed by atoms with E-state index in [9.17, 15) is 22.8 Å². The predicted octanol–water partition coefficient (Wildman–Crippen LogP) is 3.13. The number of carbonyl (C=O) groups is 1. The molecule has 0 bridgehead atoms. The van der Waals surface area contributed by atoms with Crippen LogP contribution in [0.4, 0.5) is 18.9 Å². The van der Waals surface area contributed by atoms with Gasteiger partial charge in [0.15, 0.2) is 0 Å². The minimum atomic E-state index is -4.43. The number of hydrogen-bond donors (Lipinski definition) is 3. The fraction of sp³-hybridized carbons (Fsp3) is 0.0667. The molecule has 1 aromatic heterocycles. The molecule has 0 saturated carbocycles. The molecule has 1 amide bonds. The third kappa shape index (κ3) is 2.96. The van der Waals surface area contributed by atoms with Crippen molar-refractivity contribution in [2.75, 3.05) is 5.32 Å². The number of carbonyl (C=O) groups excluding carboxylic acids is 1. The molecule has 8 heteroatoms. The van der Waals surface area contributed by atoms with Gasteiger partial charge in [0.1, 0.15) is 0 Å². The molecular formula is C15H10F3N3O2. The summed E-state index contributed by atoms with van der Waals surface area (Å²) in [6.07, 6.45) is -4.43. The van der Waals surface area contributed by atoms with Crippen LogP contribution in [0.3, 0.4) is 0 Å². The highest BCUT2D eigenvalue weighted by atomic mass is 19.4. The van der Waals surface area contributed by atoms with Crippen LogP contribution in [0.1, 0.15) is 15.9 Å². The van der Waals surface area contributed by atoms with Crippen molar-refractivity contribution in [1.82, 2.24) is 9.97 Å². The largest absolute Gasteiger partial charge is 0.416 e. The van der Waals surface area contributed by atoms with Gasteiger partial charge in [0.05, 0.1) is 22.2 Å². The maximum Gasteiger partial charge on any atom is 0.416 e. The molecule has 0 atom stereocenters. The molecule has 118 valence electrons. The van der Waals surface area contributed by atoms with E-state index in [1.54, 1.807) is 12.1 Å². The Morgan fingerprint density at radius 2 is 1.70 bits per heavy atom. The Kier molecular flexibility index (Phi) is 3.44. The number of alkyl halides is 3. The summed E-state index contributed by atoms with van der Waals surface area (Å²) in [6, 6.07) is 8.83. The third-order valence-corrected chi connectivity index (χ3v) is 3.27. The molecule has 3 N–H and O–H groups in total.